The fourth-order valence-corrected chi connectivity index (χ4v) is 2.42. The molecule has 4 nitrogen and oxygen atoms in total. The first-order valence-electron chi connectivity index (χ1n) is 6.38. The maximum atomic E-state index is 12.7. The number of amides is 1. The van der Waals surface area contributed by atoms with Crippen LogP contribution in [0.25, 0.3) is 0 Å². The molecule has 1 atom stereocenters. The zero-order valence-electron chi connectivity index (χ0n) is 11.3. The molecule has 1 amide bonds. The van der Waals surface area contributed by atoms with Crippen LogP contribution in [0.4, 0.5) is 4.39 Å². The van der Waals surface area contributed by atoms with Gasteiger partial charge < -0.3 is 10.4 Å². The third-order valence-corrected chi connectivity index (χ3v) is 4.08. The Hall–Kier alpha value is -1.56. The molecule has 0 saturated carbocycles. The Kier molecular flexibility index (Phi) is 7.08. The standard InChI is InChI=1S/C14H18FNO3S/c1-2-12(14(18)19)20-9-13(17)16-8-7-10-3-5-11(15)6-4-10/h3-6,12H,2,7-9H2,1H3,(H,16,17)(H,18,19). The topological polar surface area (TPSA) is 66.4 Å². The molecule has 0 heterocycles. The lowest BCUT2D eigenvalue weighted by Crippen LogP contribution is -2.29. The van der Waals surface area contributed by atoms with E-state index in [0.717, 1.165) is 17.3 Å². The van der Waals surface area contributed by atoms with E-state index >= 15 is 0 Å². The summed E-state index contributed by atoms with van der Waals surface area (Å²) in [7, 11) is 0. The molecule has 0 radical (unpaired) electrons. The minimum Gasteiger partial charge on any atom is -0.480 e. The second kappa shape index (κ2) is 8.58. The summed E-state index contributed by atoms with van der Waals surface area (Å²) >= 11 is 1.12. The number of hydrogen-bond acceptors (Lipinski definition) is 3. The molecule has 20 heavy (non-hydrogen) atoms. The number of carbonyl (C=O) groups is 2. The molecule has 1 aromatic rings. The van der Waals surface area contributed by atoms with Gasteiger partial charge in [-0.1, -0.05) is 19.1 Å². The van der Waals surface area contributed by atoms with Crippen LogP contribution in [0.5, 0.6) is 0 Å². The summed E-state index contributed by atoms with van der Waals surface area (Å²) in [5.41, 5.74) is 0.941. The Morgan fingerprint density at radius 2 is 2.00 bits per heavy atom. The second-order valence-electron chi connectivity index (χ2n) is 4.27. The van der Waals surface area contributed by atoms with E-state index in [9.17, 15) is 14.0 Å². The SMILES string of the molecule is CCC(SCC(=O)NCCc1ccc(F)cc1)C(=O)O. The number of carboxylic acids is 1. The van der Waals surface area contributed by atoms with Crippen LogP contribution < -0.4 is 5.32 Å². The van der Waals surface area contributed by atoms with Crippen LogP contribution in [-0.4, -0.2) is 34.5 Å². The molecule has 2 N–H and O–H groups in total. The van der Waals surface area contributed by atoms with Crippen molar-refractivity contribution in [1.82, 2.24) is 5.32 Å². The highest BCUT2D eigenvalue weighted by molar-refractivity contribution is 8.01. The number of nitrogens with one attached hydrogen (secondary N) is 1. The summed E-state index contributed by atoms with van der Waals surface area (Å²) in [5, 5.41) is 11.0. The molecule has 0 fully saturated rings. The van der Waals surface area contributed by atoms with Crippen molar-refractivity contribution in [3.8, 4) is 0 Å². The summed E-state index contributed by atoms with van der Waals surface area (Å²) in [4.78, 5) is 22.3. The van der Waals surface area contributed by atoms with Crippen molar-refractivity contribution in [2.75, 3.05) is 12.3 Å². The van der Waals surface area contributed by atoms with Gasteiger partial charge in [-0.05, 0) is 30.5 Å². The van der Waals surface area contributed by atoms with E-state index in [-0.39, 0.29) is 17.5 Å². The highest BCUT2D eigenvalue weighted by atomic mass is 32.2. The normalized spacial score (nSPS) is 11.9. The molecule has 0 bridgehead atoms. The Bertz CT molecular complexity index is 450. The number of benzene rings is 1. The fraction of sp³-hybridized carbons (Fsp3) is 0.429. The van der Waals surface area contributed by atoms with Crippen LogP contribution in [0, 0.1) is 5.82 Å². The molecular weight excluding hydrogens is 281 g/mol. The lowest BCUT2D eigenvalue weighted by molar-refractivity contribution is -0.136. The minimum atomic E-state index is -0.892. The summed E-state index contributed by atoms with van der Waals surface area (Å²) < 4.78 is 12.7. The van der Waals surface area contributed by atoms with Gasteiger partial charge in [0.05, 0.1) is 5.75 Å². The molecule has 1 unspecified atom stereocenters. The number of carboxylic acid groups (broad SMARTS) is 1. The molecule has 0 aliphatic rings. The Morgan fingerprint density at radius 3 is 2.55 bits per heavy atom. The number of aliphatic carboxylic acids is 1. The fourth-order valence-electron chi connectivity index (χ4n) is 1.59. The number of carbonyl (C=O) groups excluding carboxylic acids is 1. The molecule has 6 heteroatoms. The third kappa shape index (κ3) is 6.06. The molecule has 1 aromatic carbocycles. The van der Waals surface area contributed by atoms with Crippen molar-refractivity contribution in [3.05, 3.63) is 35.6 Å². The average molecular weight is 299 g/mol. The van der Waals surface area contributed by atoms with Crippen LogP contribution in [0.2, 0.25) is 0 Å². The molecule has 0 spiro atoms. The molecule has 0 aliphatic carbocycles. The van der Waals surface area contributed by atoms with Crippen LogP contribution >= 0.6 is 11.8 Å². The van der Waals surface area contributed by atoms with Gasteiger partial charge >= 0.3 is 5.97 Å². The highest BCUT2D eigenvalue weighted by Gasteiger charge is 2.16. The van der Waals surface area contributed by atoms with Crippen molar-refractivity contribution >= 4 is 23.6 Å². The van der Waals surface area contributed by atoms with Gasteiger partial charge in [0.15, 0.2) is 0 Å². The summed E-state index contributed by atoms with van der Waals surface area (Å²) in [6.45, 7) is 2.23. The smallest absolute Gasteiger partial charge is 0.316 e. The monoisotopic (exact) mass is 299 g/mol. The van der Waals surface area contributed by atoms with Gasteiger partial charge in [0.25, 0.3) is 0 Å². The number of thioether (sulfide) groups is 1. The van der Waals surface area contributed by atoms with E-state index in [1.54, 1.807) is 19.1 Å². The van der Waals surface area contributed by atoms with E-state index in [1.165, 1.54) is 12.1 Å². The molecule has 1 rings (SSSR count). The lowest BCUT2D eigenvalue weighted by atomic mass is 10.1. The van der Waals surface area contributed by atoms with Gasteiger partial charge in [0.2, 0.25) is 5.91 Å². The van der Waals surface area contributed by atoms with Crippen molar-refractivity contribution in [3.63, 3.8) is 0 Å². The number of halogens is 1. The predicted octanol–water partition coefficient (Wildman–Crippen LogP) is 2.08. The van der Waals surface area contributed by atoms with Crippen LogP contribution in [0.1, 0.15) is 18.9 Å². The van der Waals surface area contributed by atoms with E-state index in [1.807, 2.05) is 0 Å². The molecule has 110 valence electrons. The van der Waals surface area contributed by atoms with Gasteiger partial charge in [-0.15, -0.1) is 11.8 Å². The van der Waals surface area contributed by atoms with Crippen molar-refractivity contribution in [2.45, 2.75) is 25.0 Å². The highest BCUT2D eigenvalue weighted by Crippen LogP contribution is 2.14. The third-order valence-electron chi connectivity index (χ3n) is 2.71. The largest absolute Gasteiger partial charge is 0.480 e. The summed E-state index contributed by atoms with van der Waals surface area (Å²) in [5.74, 6) is -1.23. The van der Waals surface area contributed by atoms with Crippen molar-refractivity contribution < 1.29 is 19.1 Å². The molecule has 0 aliphatic heterocycles. The minimum absolute atomic E-state index is 0.133. The van der Waals surface area contributed by atoms with Crippen LogP contribution in [0.15, 0.2) is 24.3 Å². The Balaban J connectivity index is 2.23. The summed E-state index contributed by atoms with van der Waals surface area (Å²) in [6.07, 6.45) is 1.11. The van der Waals surface area contributed by atoms with E-state index in [4.69, 9.17) is 5.11 Å². The molecular formula is C14H18FNO3S. The first kappa shape index (κ1) is 16.5. The van der Waals surface area contributed by atoms with Gasteiger partial charge in [0, 0.05) is 6.54 Å². The molecule has 0 saturated heterocycles. The quantitative estimate of drug-likeness (QED) is 0.771. The first-order chi connectivity index (χ1) is 9.52. The van der Waals surface area contributed by atoms with Gasteiger partial charge in [-0.3, -0.25) is 9.59 Å². The zero-order valence-corrected chi connectivity index (χ0v) is 12.1. The van der Waals surface area contributed by atoms with Crippen LogP contribution in [0.3, 0.4) is 0 Å². The maximum Gasteiger partial charge on any atom is 0.316 e. The van der Waals surface area contributed by atoms with Gasteiger partial charge in [-0.25, -0.2) is 4.39 Å². The number of hydrogen-bond donors (Lipinski definition) is 2. The predicted molar refractivity (Wildman–Crippen MR) is 77.3 cm³/mol. The summed E-state index contributed by atoms with van der Waals surface area (Å²) in [6, 6.07) is 6.11. The van der Waals surface area contributed by atoms with Gasteiger partial charge in [-0.2, -0.15) is 0 Å². The Labute approximate surface area is 121 Å². The van der Waals surface area contributed by atoms with E-state index in [2.05, 4.69) is 5.32 Å². The average Bonchev–Trinajstić information content (AvgIpc) is 2.41. The zero-order chi connectivity index (χ0) is 15.0. The van der Waals surface area contributed by atoms with E-state index in [0.29, 0.717) is 19.4 Å². The molecule has 0 aromatic heterocycles. The Morgan fingerprint density at radius 1 is 1.35 bits per heavy atom. The van der Waals surface area contributed by atoms with Crippen molar-refractivity contribution in [2.24, 2.45) is 0 Å². The first-order valence-corrected chi connectivity index (χ1v) is 7.43. The number of rotatable bonds is 8. The lowest BCUT2D eigenvalue weighted by Gasteiger charge is -2.09. The second-order valence-corrected chi connectivity index (χ2v) is 5.46. The van der Waals surface area contributed by atoms with Gasteiger partial charge in [0.1, 0.15) is 11.1 Å². The maximum absolute atomic E-state index is 12.7. The van der Waals surface area contributed by atoms with Crippen molar-refractivity contribution in [1.29, 1.82) is 0 Å². The van der Waals surface area contributed by atoms with Crippen LogP contribution in [-0.2, 0) is 16.0 Å². The van der Waals surface area contributed by atoms with E-state index < -0.39 is 11.2 Å².